The summed E-state index contributed by atoms with van der Waals surface area (Å²) in [6.45, 7) is 4.45. The van der Waals surface area contributed by atoms with Crippen LogP contribution in [-0.4, -0.2) is 33.3 Å². The number of benzene rings is 1. The van der Waals surface area contributed by atoms with Crippen molar-refractivity contribution in [1.82, 2.24) is 15.1 Å². The molecule has 1 unspecified atom stereocenters. The van der Waals surface area contributed by atoms with Crippen LogP contribution < -0.4 is 0 Å². The van der Waals surface area contributed by atoms with Gasteiger partial charge in [0.15, 0.2) is 4.34 Å². The van der Waals surface area contributed by atoms with Crippen LogP contribution in [0, 0.1) is 6.92 Å². The van der Waals surface area contributed by atoms with Crippen molar-refractivity contribution in [3.8, 4) is 0 Å². The van der Waals surface area contributed by atoms with Gasteiger partial charge in [-0.05, 0) is 19.4 Å². The molecule has 2 rings (SSSR count). The first-order valence-electron chi connectivity index (χ1n) is 6.32. The Morgan fingerprint density at radius 3 is 2.65 bits per heavy atom. The first kappa shape index (κ1) is 15.0. The Balaban J connectivity index is 1.92. The van der Waals surface area contributed by atoms with Crippen LogP contribution in [0.15, 0.2) is 34.7 Å². The second-order valence-electron chi connectivity index (χ2n) is 4.53. The Morgan fingerprint density at radius 2 is 2.05 bits per heavy atom. The summed E-state index contributed by atoms with van der Waals surface area (Å²) in [6.07, 6.45) is 0. The van der Waals surface area contributed by atoms with Gasteiger partial charge in [0, 0.05) is 13.6 Å². The summed E-state index contributed by atoms with van der Waals surface area (Å²) >= 11 is 2.98. The van der Waals surface area contributed by atoms with Crippen molar-refractivity contribution >= 4 is 29.0 Å². The number of carbonyl (C=O) groups is 1. The molecule has 1 heterocycles. The molecule has 0 bridgehead atoms. The van der Waals surface area contributed by atoms with Crippen molar-refractivity contribution < 1.29 is 4.79 Å². The van der Waals surface area contributed by atoms with Crippen LogP contribution in [0.1, 0.15) is 17.5 Å². The van der Waals surface area contributed by atoms with Gasteiger partial charge in [0.05, 0.1) is 5.25 Å². The lowest BCUT2D eigenvalue weighted by molar-refractivity contribution is -0.129. The number of hydrogen-bond acceptors (Lipinski definition) is 5. The van der Waals surface area contributed by atoms with E-state index in [1.165, 1.54) is 23.1 Å². The molecular weight excluding hydrogens is 290 g/mol. The molecule has 0 aliphatic carbocycles. The van der Waals surface area contributed by atoms with Gasteiger partial charge in [-0.15, -0.1) is 10.2 Å². The minimum Gasteiger partial charge on any atom is -0.340 e. The lowest BCUT2D eigenvalue weighted by Gasteiger charge is -2.20. The van der Waals surface area contributed by atoms with Crippen LogP contribution in [0.25, 0.3) is 0 Å². The molecule has 0 aliphatic heterocycles. The average Bonchev–Trinajstić information content (AvgIpc) is 2.84. The predicted octanol–water partition coefficient (Wildman–Crippen LogP) is 2.99. The maximum atomic E-state index is 12.3. The highest BCUT2D eigenvalue weighted by Gasteiger charge is 2.20. The van der Waals surface area contributed by atoms with E-state index in [0.717, 1.165) is 14.9 Å². The smallest absolute Gasteiger partial charge is 0.235 e. The van der Waals surface area contributed by atoms with E-state index in [1.54, 1.807) is 4.90 Å². The van der Waals surface area contributed by atoms with Crippen molar-refractivity contribution in [2.24, 2.45) is 0 Å². The van der Waals surface area contributed by atoms with Gasteiger partial charge < -0.3 is 4.90 Å². The largest absolute Gasteiger partial charge is 0.340 e. The Labute approximate surface area is 127 Å². The maximum absolute atomic E-state index is 12.3. The molecule has 0 saturated carbocycles. The van der Waals surface area contributed by atoms with Crippen LogP contribution in [0.3, 0.4) is 0 Å². The molecule has 0 spiro atoms. The fourth-order valence-corrected chi connectivity index (χ4v) is 3.85. The molecule has 0 N–H and O–H groups in total. The number of hydrogen-bond donors (Lipinski definition) is 0. The molecule has 0 aliphatic rings. The number of nitrogens with zero attached hydrogens (tertiary/aromatic N) is 3. The minimum atomic E-state index is -0.156. The summed E-state index contributed by atoms with van der Waals surface area (Å²) in [5, 5.41) is 8.77. The number of rotatable bonds is 5. The van der Waals surface area contributed by atoms with Crippen molar-refractivity contribution in [3.05, 3.63) is 40.9 Å². The zero-order chi connectivity index (χ0) is 14.5. The van der Waals surface area contributed by atoms with E-state index in [2.05, 4.69) is 10.2 Å². The summed E-state index contributed by atoms with van der Waals surface area (Å²) in [6, 6.07) is 9.98. The molecule has 1 amide bonds. The highest BCUT2D eigenvalue weighted by molar-refractivity contribution is 8.02. The molecule has 0 fully saturated rings. The number of carbonyl (C=O) groups excluding carboxylic acids is 1. The molecule has 20 heavy (non-hydrogen) atoms. The van der Waals surface area contributed by atoms with Crippen molar-refractivity contribution in [3.63, 3.8) is 0 Å². The molecule has 4 nitrogen and oxygen atoms in total. The lowest BCUT2D eigenvalue weighted by Crippen LogP contribution is -2.32. The Hall–Kier alpha value is -1.40. The summed E-state index contributed by atoms with van der Waals surface area (Å²) in [5.74, 6) is 0.103. The Kier molecular flexibility index (Phi) is 5.14. The summed E-state index contributed by atoms with van der Waals surface area (Å²) in [7, 11) is 1.83. The monoisotopic (exact) mass is 307 g/mol. The molecule has 1 aromatic carbocycles. The van der Waals surface area contributed by atoms with Gasteiger partial charge >= 0.3 is 0 Å². The molecule has 0 saturated heterocycles. The van der Waals surface area contributed by atoms with E-state index in [1.807, 2.05) is 51.2 Å². The normalized spacial score (nSPS) is 12.2. The van der Waals surface area contributed by atoms with E-state index in [-0.39, 0.29) is 11.2 Å². The van der Waals surface area contributed by atoms with E-state index in [4.69, 9.17) is 0 Å². The van der Waals surface area contributed by atoms with Crippen LogP contribution in [0.2, 0.25) is 0 Å². The van der Waals surface area contributed by atoms with Crippen molar-refractivity contribution in [1.29, 1.82) is 0 Å². The highest BCUT2D eigenvalue weighted by Crippen LogP contribution is 2.27. The molecule has 6 heteroatoms. The average molecular weight is 307 g/mol. The third kappa shape index (κ3) is 4.05. The summed E-state index contributed by atoms with van der Waals surface area (Å²) < 4.78 is 0.844. The van der Waals surface area contributed by atoms with Gasteiger partial charge in [0.2, 0.25) is 5.91 Å². The Bertz CT molecular complexity index is 571. The number of amides is 1. The molecule has 1 aromatic heterocycles. The van der Waals surface area contributed by atoms with Crippen molar-refractivity contribution in [2.75, 3.05) is 7.05 Å². The lowest BCUT2D eigenvalue weighted by atomic mass is 10.2. The van der Waals surface area contributed by atoms with Crippen LogP contribution in [-0.2, 0) is 11.3 Å². The van der Waals surface area contributed by atoms with Gasteiger partial charge in [-0.3, -0.25) is 4.79 Å². The molecule has 2 aromatic rings. The molecule has 0 radical (unpaired) electrons. The zero-order valence-corrected chi connectivity index (χ0v) is 13.4. The van der Waals surface area contributed by atoms with Gasteiger partial charge in [0.1, 0.15) is 5.01 Å². The van der Waals surface area contributed by atoms with Crippen LogP contribution >= 0.6 is 23.1 Å². The first-order valence-corrected chi connectivity index (χ1v) is 8.01. The standard InChI is InChI=1S/C14H17N3OS2/c1-10(19-14-16-15-11(2)20-14)13(18)17(3)9-12-7-5-4-6-8-12/h4-8,10H,9H2,1-3H3. The quantitative estimate of drug-likeness (QED) is 0.797. The van der Waals surface area contributed by atoms with Gasteiger partial charge in [-0.2, -0.15) is 0 Å². The van der Waals surface area contributed by atoms with Crippen LogP contribution in [0.5, 0.6) is 0 Å². The summed E-state index contributed by atoms with van der Waals surface area (Å²) in [5.41, 5.74) is 1.13. The third-order valence-corrected chi connectivity index (χ3v) is 4.78. The molecule has 1 atom stereocenters. The maximum Gasteiger partial charge on any atom is 0.235 e. The predicted molar refractivity (Wildman–Crippen MR) is 82.9 cm³/mol. The van der Waals surface area contributed by atoms with Crippen molar-refractivity contribution in [2.45, 2.75) is 30.0 Å². The number of aryl methyl sites for hydroxylation is 1. The topological polar surface area (TPSA) is 46.1 Å². The molecule has 106 valence electrons. The van der Waals surface area contributed by atoms with E-state index >= 15 is 0 Å². The second-order valence-corrected chi connectivity index (χ2v) is 7.30. The van der Waals surface area contributed by atoms with E-state index in [0.29, 0.717) is 6.54 Å². The number of thioether (sulfide) groups is 1. The van der Waals surface area contributed by atoms with E-state index < -0.39 is 0 Å². The SMILES string of the molecule is Cc1nnc(SC(C)C(=O)N(C)Cc2ccccc2)s1. The third-order valence-electron chi connectivity index (χ3n) is 2.77. The van der Waals surface area contributed by atoms with Gasteiger partial charge in [0.25, 0.3) is 0 Å². The highest BCUT2D eigenvalue weighted by atomic mass is 32.2. The second kappa shape index (κ2) is 6.85. The van der Waals surface area contributed by atoms with Gasteiger partial charge in [-0.25, -0.2) is 0 Å². The minimum absolute atomic E-state index is 0.103. The van der Waals surface area contributed by atoms with E-state index in [9.17, 15) is 4.79 Å². The fraction of sp³-hybridized carbons (Fsp3) is 0.357. The fourth-order valence-electron chi connectivity index (χ4n) is 1.77. The van der Waals surface area contributed by atoms with Gasteiger partial charge in [-0.1, -0.05) is 53.4 Å². The molecular formula is C14H17N3OS2. The number of aromatic nitrogens is 2. The summed E-state index contributed by atoms with van der Waals surface area (Å²) in [4.78, 5) is 14.1. The first-order chi connectivity index (χ1) is 9.56. The zero-order valence-electron chi connectivity index (χ0n) is 11.7. The Morgan fingerprint density at radius 1 is 1.35 bits per heavy atom. The van der Waals surface area contributed by atoms with Crippen LogP contribution in [0.4, 0.5) is 0 Å².